The van der Waals surface area contributed by atoms with Gasteiger partial charge in [0.05, 0.1) is 0 Å². The van der Waals surface area contributed by atoms with Gasteiger partial charge in [0.15, 0.2) is 0 Å². The number of furan rings is 1. The first kappa shape index (κ1) is 12.0. The molecule has 19 heavy (non-hydrogen) atoms. The van der Waals surface area contributed by atoms with Gasteiger partial charge in [-0.05, 0) is 37.1 Å². The minimum Gasteiger partial charge on any atom is -0.458 e. The van der Waals surface area contributed by atoms with E-state index < -0.39 is 6.10 Å². The third-order valence-corrected chi connectivity index (χ3v) is 3.35. The van der Waals surface area contributed by atoms with Crippen LogP contribution in [0.4, 0.5) is 0 Å². The van der Waals surface area contributed by atoms with E-state index in [1.165, 1.54) is 5.56 Å². The van der Waals surface area contributed by atoms with Crippen molar-refractivity contribution in [3.63, 3.8) is 0 Å². The van der Waals surface area contributed by atoms with Gasteiger partial charge in [-0.1, -0.05) is 42.0 Å². The molecule has 2 nitrogen and oxygen atoms in total. The summed E-state index contributed by atoms with van der Waals surface area (Å²) in [7, 11) is 0. The quantitative estimate of drug-likeness (QED) is 0.744. The van der Waals surface area contributed by atoms with Crippen molar-refractivity contribution < 1.29 is 9.52 Å². The summed E-state index contributed by atoms with van der Waals surface area (Å²) in [5, 5.41) is 11.4. The first-order valence-electron chi connectivity index (χ1n) is 6.39. The Labute approximate surface area is 112 Å². The van der Waals surface area contributed by atoms with Crippen molar-refractivity contribution in [1.29, 1.82) is 0 Å². The summed E-state index contributed by atoms with van der Waals surface area (Å²) in [5.74, 6) is 0.593. The van der Waals surface area contributed by atoms with E-state index in [0.29, 0.717) is 5.76 Å². The first-order valence-corrected chi connectivity index (χ1v) is 6.39. The fraction of sp³-hybridized carbons (Fsp3) is 0.176. The van der Waals surface area contributed by atoms with Crippen LogP contribution in [0.3, 0.4) is 0 Å². The highest BCUT2D eigenvalue weighted by Gasteiger charge is 2.16. The summed E-state index contributed by atoms with van der Waals surface area (Å²) in [4.78, 5) is 0. The molecule has 0 aliphatic carbocycles. The molecule has 0 radical (unpaired) electrons. The van der Waals surface area contributed by atoms with Crippen LogP contribution in [0, 0.1) is 13.8 Å². The van der Waals surface area contributed by atoms with Crippen LogP contribution in [0.1, 0.15) is 28.6 Å². The molecular formula is C17H16O2. The second-order valence-electron chi connectivity index (χ2n) is 4.96. The van der Waals surface area contributed by atoms with Crippen molar-refractivity contribution in [3.05, 3.63) is 71.0 Å². The zero-order valence-electron chi connectivity index (χ0n) is 11.1. The molecule has 1 heterocycles. The summed E-state index contributed by atoms with van der Waals surface area (Å²) >= 11 is 0. The largest absolute Gasteiger partial charge is 0.458 e. The third kappa shape index (κ3) is 2.15. The van der Waals surface area contributed by atoms with Crippen LogP contribution < -0.4 is 0 Å². The Kier molecular flexibility index (Phi) is 2.88. The Bertz CT molecular complexity index is 711. The molecule has 0 saturated heterocycles. The Morgan fingerprint density at radius 1 is 1.00 bits per heavy atom. The topological polar surface area (TPSA) is 33.4 Å². The Morgan fingerprint density at radius 2 is 1.74 bits per heavy atom. The minimum atomic E-state index is -0.715. The average molecular weight is 252 g/mol. The number of aliphatic hydroxyl groups excluding tert-OH is 1. The molecule has 0 amide bonds. The van der Waals surface area contributed by atoms with E-state index in [0.717, 1.165) is 22.1 Å². The number of hydrogen-bond donors (Lipinski definition) is 1. The smallest absolute Gasteiger partial charge is 0.138 e. The molecule has 0 saturated carbocycles. The van der Waals surface area contributed by atoms with Crippen molar-refractivity contribution in [3.8, 4) is 0 Å². The summed E-state index contributed by atoms with van der Waals surface area (Å²) in [6.07, 6.45) is -0.715. The van der Waals surface area contributed by atoms with Crippen LogP contribution in [0.15, 0.2) is 52.9 Å². The minimum absolute atomic E-state index is 0.593. The molecule has 0 spiro atoms. The highest BCUT2D eigenvalue weighted by Crippen LogP contribution is 2.30. The van der Waals surface area contributed by atoms with Crippen molar-refractivity contribution >= 4 is 11.0 Å². The van der Waals surface area contributed by atoms with Gasteiger partial charge in [-0.2, -0.15) is 0 Å². The number of aliphatic hydroxyl groups is 1. The molecule has 3 aromatic rings. The predicted octanol–water partition coefficient (Wildman–Crippen LogP) is 4.13. The van der Waals surface area contributed by atoms with E-state index in [4.69, 9.17) is 4.42 Å². The van der Waals surface area contributed by atoms with E-state index in [1.54, 1.807) is 0 Å². The lowest BCUT2D eigenvalue weighted by atomic mass is 10.1. The van der Waals surface area contributed by atoms with Gasteiger partial charge in [0.1, 0.15) is 17.4 Å². The monoisotopic (exact) mass is 252 g/mol. The molecule has 3 rings (SSSR count). The summed E-state index contributed by atoms with van der Waals surface area (Å²) < 4.78 is 5.82. The highest BCUT2D eigenvalue weighted by atomic mass is 16.4. The zero-order chi connectivity index (χ0) is 13.4. The number of aryl methyl sites for hydroxylation is 2. The molecule has 1 atom stereocenters. The number of rotatable bonds is 2. The lowest BCUT2D eigenvalue weighted by Gasteiger charge is -2.07. The molecule has 96 valence electrons. The van der Waals surface area contributed by atoms with E-state index in [-0.39, 0.29) is 0 Å². The normalized spacial score (nSPS) is 12.8. The van der Waals surface area contributed by atoms with Gasteiger partial charge >= 0.3 is 0 Å². The maximum Gasteiger partial charge on any atom is 0.138 e. The lowest BCUT2D eigenvalue weighted by molar-refractivity contribution is 0.192. The van der Waals surface area contributed by atoms with Crippen LogP contribution in [0.25, 0.3) is 11.0 Å². The van der Waals surface area contributed by atoms with E-state index >= 15 is 0 Å². The van der Waals surface area contributed by atoms with Crippen LogP contribution in [-0.4, -0.2) is 5.11 Å². The van der Waals surface area contributed by atoms with Crippen molar-refractivity contribution in [2.45, 2.75) is 20.0 Å². The number of hydrogen-bond acceptors (Lipinski definition) is 2. The predicted molar refractivity (Wildman–Crippen MR) is 76.2 cm³/mol. The molecule has 0 fully saturated rings. The van der Waals surface area contributed by atoms with E-state index in [9.17, 15) is 5.11 Å². The van der Waals surface area contributed by atoms with Crippen LogP contribution in [-0.2, 0) is 0 Å². The molecule has 1 unspecified atom stereocenters. The summed E-state index contributed by atoms with van der Waals surface area (Å²) in [6.45, 7) is 4.09. The van der Waals surface area contributed by atoms with Crippen LogP contribution >= 0.6 is 0 Å². The molecule has 2 heteroatoms. The van der Waals surface area contributed by atoms with Gasteiger partial charge in [-0.3, -0.25) is 0 Å². The molecule has 1 aromatic heterocycles. The van der Waals surface area contributed by atoms with Crippen molar-refractivity contribution in [2.24, 2.45) is 0 Å². The fourth-order valence-corrected chi connectivity index (χ4v) is 2.47. The van der Waals surface area contributed by atoms with Gasteiger partial charge in [-0.25, -0.2) is 0 Å². The maximum atomic E-state index is 10.4. The van der Waals surface area contributed by atoms with Gasteiger partial charge in [0.25, 0.3) is 0 Å². The molecule has 2 aromatic carbocycles. The van der Waals surface area contributed by atoms with E-state index in [2.05, 4.69) is 19.1 Å². The Morgan fingerprint density at radius 3 is 2.47 bits per heavy atom. The summed E-state index contributed by atoms with van der Waals surface area (Å²) in [5.41, 5.74) is 4.00. The number of fused-ring (bicyclic) bond motifs is 1. The maximum absolute atomic E-state index is 10.4. The van der Waals surface area contributed by atoms with Crippen molar-refractivity contribution in [1.82, 2.24) is 0 Å². The zero-order valence-corrected chi connectivity index (χ0v) is 11.1. The van der Waals surface area contributed by atoms with Crippen LogP contribution in [0.5, 0.6) is 0 Å². The van der Waals surface area contributed by atoms with Gasteiger partial charge in [0, 0.05) is 5.39 Å². The lowest BCUT2D eigenvalue weighted by Crippen LogP contribution is -1.96. The third-order valence-electron chi connectivity index (χ3n) is 3.35. The van der Waals surface area contributed by atoms with Gasteiger partial charge in [0.2, 0.25) is 0 Å². The summed E-state index contributed by atoms with van der Waals surface area (Å²) in [6, 6.07) is 15.6. The first-order chi connectivity index (χ1) is 9.15. The molecule has 0 aliphatic rings. The van der Waals surface area contributed by atoms with Crippen molar-refractivity contribution in [2.75, 3.05) is 0 Å². The fourth-order valence-electron chi connectivity index (χ4n) is 2.47. The van der Waals surface area contributed by atoms with Crippen LogP contribution in [0.2, 0.25) is 0 Å². The molecule has 0 aliphatic heterocycles. The SMILES string of the molecule is Cc1cc(C)c2oc(C(O)c3ccccc3)cc2c1. The number of benzene rings is 2. The van der Waals surface area contributed by atoms with Gasteiger partial charge in [-0.15, -0.1) is 0 Å². The molecule has 1 N–H and O–H groups in total. The Balaban J connectivity index is 2.09. The van der Waals surface area contributed by atoms with E-state index in [1.807, 2.05) is 43.3 Å². The molecule has 0 bridgehead atoms. The standard InChI is InChI=1S/C17H16O2/c1-11-8-12(2)17-14(9-11)10-15(19-17)16(18)13-6-4-3-5-7-13/h3-10,16,18H,1-2H3. The van der Waals surface area contributed by atoms with Gasteiger partial charge < -0.3 is 9.52 Å². The second-order valence-corrected chi connectivity index (χ2v) is 4.96. The Hall–Kier alpha value is -2.06. The highest BCUT2D eigenvalue weighted by molar-refractivity contribution is 5.82. The second kappa shape index (κ2) is 4.56. The average Bonchev–Trinajstić information content (AvgIpc) is 2.83. The molecular weight excluding hydrogens is 236 g/mol.